The summed E-state index contributed by atoms with van der Waals surface area (Å²) in [6.45, 7) is 6.67. The number of unbranched alkanes of at least 4 members (excludes halogenated alkanes) is 39. The molecule has 0 spiro atoms. The van der Waals surface area contributed by atoms with Crippen LogP contribution in [0.4, 0.5) is 0 Å². The fourth-order valence-electron chi connectivity index (χ4n) is 8.50. The van der Waals surface area contributed by atoms with Gasteiger partial charge in [-0.2, -0.15) is 0 Å². The van der Waals surface area contributed by atoms with E-state index in [-0.39, 0.29) is 31.1 Å². The number of rotatable bonds is 52. The zero-order valence-electron chi connectivity index (χ0n) is 42.6. The average Bonchev–Trinajstić information content (AvgIpc) is 3.28. The zero-order chi connectivity index (χ0) is 45.8. The minimum Gasteiger partial charge on any atom is -0.462 e. The number of allylic oxidation sites excluding steroid dienone is 2. The second kappa shape index (κ2) is 52.8. The van der Waals surface area contributed by atoms with Crippen LogP contribution in [-0.2, 0) is 28.6 Å². The first kappa shape index (κ1) is 61.1. The third kappa shape index (κ3) is 51.0. The van der Waals surface area contributed by atoms with Gasteiger partial charge in [0.25, 0.3) is 0 Å². The first-order chi connectivity index (χ1) is 31.0. The molecule has 0 aromatic carbocycles. The van der Waals surface area contributed by atoms with Gasteiger partial charge in [0, 0.05) is 19.3 Å². The molecule has 0 N–H and O–H groups in total. The molecule has 0 amide bonds. The van der Waals surface area contributed by atoms with E-state index < -0.39 is 6.10 Å². The lowest BCUT2D eigenvalue weighted by atomic mass is 10.0. The highest BCUT2D eigenvalue weighted by atomic mass is 16.6. The van der Waals surface area contributed by atoms with E-state index in [0.29, 0.717) is 19.3 Å². The molecule has 0 radical (unpaired) electrons. The Hall–Kier alpha value is -1.85. The van der Waals surface area contributed by atoms with Gasteiger partial charge >= 0.3 is 17.9 Å². The van der Waals surface area contributed by atoms with Crippen LogP contribution in [0.15, 0.2) is 12.2 Å². The molecule has 0 aromatic heterocycles. The van der Waals surface area contributed by atoms with Crippen molar-refractivity contribution in [3.05, 3.63) is 12.2 Å². The molecular formula is C57H108O6. The highest BCUT2D eigenvalue weighted by molar-refractivity contribution is 5.71. The fourth-order valence-corrected chi connectivity index (χ4v) is 8.50. The molecule has 372 valence electrons. The summed E-state index contributed by atoms with van der Waals surface area (Å²) in [7, 11) is 0. The maximum Gasteiger partial charge on any atom is 0.306 e. The lowest BCUT2D eigenvalue weighted by Crippen LogP contribution is -2.30. The Morgan fingerprint density at radius 1 is 0.302 bits per heavy atom. The third-order valence-corrected chi connectivity index (χ3v) is 12.8. The van der Waals surface area contributed by atoms with Gasteiger partial charge in [0.2, 0.25) is 0 Å². The molecular weight excluding hydrogens is 781 g/mol. The van der Waals surface area contributed by atoms with Gasteiger partial charge < -0.3 is 14.2 Å². The zero-order valence-corrected chi connectivity index (χ0v) is 42.6. The van der Waals surface area contributed by atoms with Gasteiger partial charge in [-0.15, -0.1) is 0 Å². The van der Waals surface area contributed by atoms with Gasteiger partial charge in [0.15, 0.2) is 6.10 Å². The standard InChI is InChI=1S/C57H108O6/c1-4-7-10-13-16-19-22-25-26-27-28-29-30-31-32-33-36-38-41-44-47-50-56(59)62-53-54(63-57(60)51-48-45-42-39-35-24-21-18-15-12-9-6-3)52-61-55(58)49-46-43-40-37-34-23-20-17-14-11-8-5-2/h27-28,54H,4-26,29-53H2,1-3H3/b28-27-. The molecule has 0 bridgehead atoms. The third-order valence-electron chi connectivity index (χ3n) is 12.8. The molecule has 0 aliphatic carbocycles. The Bertz CT molecular complexity index is 978. The summed E-state index contributed by atoms with van der Waals surface area (Å²) in [4.78, 5) is 38.0. The van der Waals surface area contributed by atoms with Crippen molar-refractivity contribution in [3.63, 3.8) is 0 Å². The highest BCUT2D eigenvalue weighted by Gasteiger charge is 2.19. The number of ether oxygens (including phenoxy) is 3. The van der Waals surface area contributed by atoms with Crippen LogP contribution >= 0.6 is 0 Å². The summed E-state index contributed by atoms with van der Waals surface area (Å²) in [6.07, 6.45) is 59.2. The van der Waals surface area contributed by atoms with Crippen molar-refractivity contribution in [3.8, 4) is 0 Å². The Morgan fingerprint density at radius 3 is 0.794 bits per heavy atom. The molecule has 0 aromatic rings. The molecule has 0 aliphatic heterocycles. The largest absolute Gasteiger partial charge is 0.462 e. The predicted molar refractivity (Wildman–Crippen MR) is 270 cm³/mol. The van der Waals surface area contributed by atoms with Crippen molar-refractivity contribution in [1.82, 2.24) is 0 Å². The van der Waals surface area contributed by atoms with E-state index in [2.05, 4.69) is 32.9 Å². The van der Waals surface area contributed by atoms with Crippen molar-refractivity contribution >= 4 is 17.9 Å². The molecule has 6 nitrogen and oxygen atoms in total. The minimum atomic E-state index is -0.763. The lowest BCUT2D eigenvalue weighted by Gasteiger charge is -2.18. The van der Waals surface area contributed by atoms with Crippen LogP contribution in [0.25, 0.3) is 0 Å². The summed E-state index contributed by atoms with van der Waals surface area (Å²) >= 11 is 0. The molecule has 0 aliphatic rings. The Labute approximate surface area is 392 Å². The summed E-state index contributed by atoms with van der Waals surface area (Å²) < 4.78 is 16.8. The van der Waals surface area contributed by atoms with E-state index in [9.17, 15) is 14.4 Å². The number of carbonyl (C=O) groups excluding carboxylic acids is 3. The van der Waals surface area contributed by atoms with Crippen LogP contribution in [0, 0.1) is 0 Å². The Kier molecular flexibility index (Phi) is 51.2. The normalized spacial score (nSPS) is 12.0. The smallest absolute Gasteiger partial charge is 0.306 e. The summed E-state index contributed by atoms with van der Waals surface area (Å²) in [5.41, 5.74) is 0. The minimum absolute atomic E-state index is 0.0649. The maximum absolute atomic E-state index is 12.8. The van der Waals surface area contributed by atoms with Crippen LogP contribution in [0.1, 0.15) is 316 Å². The van der Waals surface area contributed by atoms with Crippen molar-refractivity contribution in [1.29, 1.82) is 0 Å². The molecule has 0 rings (SSSR count). The number of hydrogen-bond donors (Lipinski definition) is 0. The summed E-state index contributed by atoms with van der Waals surface area (Å²) in [5.74, 6) is -0.847. The maximum atomic E-state index is 12.8. The molecule has 1 atom stereocenters. The molecule has 63 heavy (non-hydrogen) atoms. The molecule has 0 heterocycles. The topological polar surface area (TPSA) is 78.9 Å². The Morgan fingerprint density at radius 2 is 0.524 bits per heavy atom. The predicted octanol–water partition coefficient (Wildman–Crippen LogP) is 18.5. The van der Waals surface area contributed by atoms with Crippen LogP contribution in [-0.4, -0.2) is 37.2 Å². The van der Waals surface area contributed by atoms with Gasteiger partial charge in [-0.1, -0.05) is 264 Å². The van der Waals surface area contributed by atoms with Gasteiger partial charge in [-0.05, 0) is 44.9 Å². The highest BCUT2D eigenvalue weighted by Crippen LogP contribution is 2.17. The van der Waals surface area contributed by atoms with E-state index >= 15 is 0 Å². The van der Waals surface area contributed by atoms with Crippen molar-refractivity contribution in [2.45, 2.75) is 322 Å². The second-order valence-corrected chi connectivity index (χ2v) is 19.2. The fraction of sp³-hybridized carbons (Fsp3) is 0.912. The molecule has 0 fully saturated rings. The average molecular weight is 889 g/mol. The van der Waals surface area contributed by atoms with E-state index in [1.165, 1.54) is 218 Å². The molecule has 0 saturated carbocycles. The van der Waals surface area contributed by atoms with Crippen molar-refractivity contribution in [2.75, 3.05) is 13.2 Å². The number of hydrogen-bond acceptors (Lipinski definition) is 6. The van der Waals surface area contributed by atoms with Crippen LogP contribution in [0.2, 0.25) is 0 Å². The van der Waals surface area contributed by atoms with E-state index in [1.54, 1.807) is 0 Å². The monoisotopic (exact) mass is 889 g/mol. The van der Waals surface area contributed by atoms with Crippen LogP contribution in [0.3, 0.4) is 0 Å². The van der Waals surface area contributed by atoms with Crippen LogP contribution in [0.5, 0.6) is 0 Å². The van der Waals surface area contributed by atoms with Gasteiger partial charge in [0.1, 0.15) is 13.2 Å². The lowest BCUT2D eigenvalue weighted by molar-refractivity contribution is -0.167. The quantitative estimate of drug-likeness (QED) is 0.0262. The SMILES string of the molecule is CCCCCCCCCC/C=C\CCCCCCCCCCCC(=O)OCC(COC(=O)CCCCCCCCCCCCCC)OC(=O)CCCCCCCCCCCCCC. The first-order valence-electron chi connectivity index (χ1n) is 28.2. The van der Waals surface area contributed by atoms with E-state index in [0.717, 1.165) is 57.8 Å². The number of esters is 3. The van der Waals surface area contributed by atoms with E-state index in [4.69, 9.17) is 14.2 Å². The van der Waals surface area contributed by atoms with Crippen molar-refractivity contribution < 1.29 is 28.6 Å². The van der Waals surface area contributed by atoms with Gasteiger partial charge in [-0.25, -0.2) is 0 Å². The number of carbonyl (C=O) groups is 3. The Balaban J connectivity index is 4.23. The summed E-state index contributed by atoms with van der Waals surface area (Å²) in [6, 6.07) is 0. The molecule has 1 unspecified atom stereocenters. The van der Waals surface area contributed by atoms with Crippen molar-refractivity contribution in [2.24, 2.45) is 0 Å². The first-order valence-corrected chi connectivity index (χ1v) is 28.2. The molecule has 0 saturated heterocycles. The van der Waals surface area contributed by atoms with Crippen LogP contribution < -0.4 is 0 Å². The molecule has 6 heteroatoms. The van der Waals surface area contributed by atoms with Gasteiger partial charge in [0.05, 0.1) is 0 Å². The second-order valence-electron chi connectivity index (χ2n) is 19.2. The van der Waals surface area contributed by atoms with Gasteiger partial charge in [-0.3, -0.25) is 14.4 Å². The summed E-state index contributed by atoms with van der Waals surface area (Å²) in [5, 5.41) is 0. The van der Waals surface area contributed by atoms with E-state index in [1.807, 2.05) is 0 Å².